The van der Waals surface area contributed by atoms with E-state index in [0.29, 0.717) is 0 Å². The fourth-order valence-corrected chi connectivity index (χ4v) is 2.39. The van der Waals surface area contributed by atoms with Crippen LogP contribution < -0.4 is 5.32 Å². The molecule has 0 saturated carbocycles. The van der Waals surface area contributed by atoms with E-state index in [2.05, 4.69) is 57.3 Å². The zero-order valence-corrected chi connectivity index (χ0v) is 10.6. The van der Waals surface area contributed by atoms with E-state index in [1.807, 2.05) is 0 Å². The van der Waals surface area contributed by atoms with Crippen LogP contribution in [-0.2, 0) is 11.2 Å². The predicted octanol–water partition coefficient (Wildman–Crippen LogP) is 2.65. The molecule has 0 bridgehead atoms. The van der Waals surface area contributed by atoms with Crippen molar-refractivity contribution in [1.29, 1.82) is 0 Å². The minimum absolute atomic E-state index is 0.0808. The summed E-state index contributed by atoms with van der Waals surface area (Å²) in [6.45, 7) is 9.41. The Balaban J connectivity index is 2.14. The molecule has 1 aliphatic rings. The van der Waals surface area contributed by atoms with Gasteiger partial charge >= 0.3 is 0 Å². The largest absolute Gasteiger partial charge is 0.359 e. The maximum atomic E-state index is 5.90. The molecule has 0 amide bonds. The Hall–Kier alpha value is -0.860. The van der Waals surface area contributed by atoms with Gasteiger partial charge in [0.15, 0.2) is 0 Å². The minimum atomic E-state index is -0.227. The lowest BCUT2D eigenvalue weighted by Crippen LogP contribution is -2.47. The standard InChI is InChI=1S/C14H21NO/c1-11-7-5-6-8-12(11)9-14(4)15-13(2,3)10-16-14/h5-8,15H,9-10H2,1-4H3. The Morgan fingerprint density at radius 3 is 2.50 bits per heavy atom. The zero-order chi connectivity index (χ0) is 11.8. The lowest BCUT2D eigenvalue weighted by molar-refractivity contribution is 0.00658. The minimum Gasteiger partial charge on any atom is -0.359 e. The number of rotatable bonds is 2. The number of nitrogens with one attached hydrogen (secondary N) is 1. The molecule has 1 fully saturated rings. The molecule has 0 radical (unpaired) electrons. The van der Waals surface area contributed by atoms with Gasteiger partial charge in [0.25, 0.3) is 0 Å². The summed E-state index contributed by atoms with van der Waals surface area (Å²) in [6, 6.07) is 8.50. The summed E-state index contributed by atoms with van der Waals surface area (Å²) in [4.78, 5) is 0. The van der Waals surface area contributed by atoms with E-state index >= 15 is 0 Å². The fourth-order valence-electron chi connectivity index (χ4n) is 2.39. The highest BCUT2D eigenvalue weighted by molar-refractivity contribution is 5.27. The van der Waals surface area contributed by atoms with Crippen LogP contribution in [0.25, 0.3) is 0 Å². The number of benzene rings is 1. The van der Waals surface area contributed by atoms with Gasteiger partial charge in [0, 0.05) is 12.0 Å². The molecule has 0 spiro atoms. The molecule has 1 atom stereocenters. The molecular weight excluding hydrogens is 198 g/mol. The highest BCUT2D eigenvalue weighted by Crippen LogP contribution is 2.27. The van der Waals surface area contributed by atoms with Crippen molar-refractivity contribution >= 4 is 0 Å². The second-order valence-electron chi connectivity index (χ2n) is 5.63. The van der Waals surface area contributed by atoms with Crippen molar-refractivity contribution in [1.82, 2.24) is 5.32 Å². The van der Waals surface area contributed by atoms with Gasteiger partial charge in [-0.05, 0) is 38.8 Å². The lowest BCUT2D eigenvalue weighted by Gasteiger charge is -2.27. The second kappa shape index (κ2) is 3.86. The number of hydrogen-bond donors (Lipinski definition) is 1. The summed E-state index contributed by atoms with van der Waals surface area (Å²) in [5.41, 5.74) is 2.54. The van der Waals surface area contributed by atoms with Crippen molar-refractivity contribution in [3.05, 3.63) is 35.4 Å². The molecule has 16 heavy (non-hydrogen) atoms. The molecule has 1 aromatic rings. The molecule has 2 heteroatoms. The van der Waals surface area contributed by atoms with Crippen LogP contribution in [-0.4, -0.2) is 17.9 Å². The van der Waals surface area contributed by atoms with Crippen LogP contribution >= 0.6 is 0 Å². The zero-order valence-electron chi connectivity index (χ0n) is 10.6. The lowest BCUT2D eigenvalue weighted by atomic mass is 9.98. The summed E-state index contributed by atoms with van der Waals surface area (Å²) in [6.07, 6.45) is 0.920. The number of hydrogen-bond acceptors (Lipinski definition) is 2. The molecule has 1 heterocycles. The Kier molecular flexibility index (Phi) is 2.81. The van der Waals surface area contributed by atoms with Crippen LogP contribution in [0, 0.1) is 6.92 Å². The van der Waals surface area contributed by atoms with Gasteiger partial charge in [0.05, 0.1) is 6.61 Å². The van der Waals surface area contributed by atoms with Crippen LogP contribution in [0.1, 0.15) is 31.9 Å². The summed E-state index contributed by atoms with van der Waals surface area (Å²) >= 11 is 0. The molecule has 1 aliphatic heterocycles. The summed E-state index contributed by atoms with van der Waals surface area (Å²) in [7, 11) is 0. The molecular formula is C14H21NO. The van der Waals surface area contributed by atoms with Gasteiger partial charge < -0.3 is 4.74 Å². The van der Waals surface area contributed by atoms with E-state index < -0.39 is 0 Å². The fraction of sp³-hybridized carbons (Fsp3) is 0.571. The molecule has 1 unspecified atom stereocenters. The molecule has 1 saturated heterocycles. The molecule has 1 aromatic carbocycles. The van der Waals surface area contributed by atoms with Gasteiger partial charge in [-0.1, -0.05) is 24.3 Å². The van der Waals surface area contributed by atoms with Gasteiger partial charge in [-0.2, -0.15) is 0 Å². The van der Waals surface area contributed by atoms with E-state index in [-0.39, 0.29) is 11.3 Å². The van der Waals surface area contributed by atoms with Crippen molar-refractivity contribution in [2.24, 2.45) is 0 Å². The molecule has 2 rings (SSSR count). The monoisotopic (exact) mass is 219 g/mol. The third-order valence-corrected chi connectivity index (χ3v) is 3.14. The molecule has 2 nitrogen and oxygen atoms in total. The number of aryl methyl sites for hydroxylation is 1. The van der Waals surface area contributed by atoms with E-state index in [4.69, 9.17) is 4.74 Å². The summed E-state index contributed by atoms with van der Waals surface area (Å²) in [5.74, 6) is 0. The van der Waals surface area contributed by atoms with Crippen molar-refractivity contribution < 1.29 is 4.74 Å². The average Bonchev–Trinajstić information content (AvgIpc) is 2.45. The van der Waals surface area contributed by atoms with Crippen molar-refractivity contribution in [3.8, 4) is 0 Å². The summed E-state index contributed by atoms with van der Waals surface area (Å²) < 4.78 is 5.90. The molecule has 0 aromatic heterocycles. The van der Waals surface area contributed by atoms with Crippen LogP contribution in [0.3, 0.4) is 0 Å². The molecule has 88 valence electrons. The molecule has 0 aliphatic carbocycles. The van der Waals surface area contributed by atoms with Gasteiger partial charge in [-0.25, -0.2) is 0 Å². The van der Waals surface area contributed by atoms with Crippen LogP contribution in [0.15, 0.2) is 24.3 Å². The second-order valence-corrected chi connectivity index (χ2v) is 5.63. The third-order valence-electron chi connectivity index (χ3n) is 3.14. The van der Waals surface area contributed by atoms with Crippen molar-refractivity contribution in [2.75, 3.05) is 6.61 Å². The highest BCUT2D eigenvalue weighted by atomic mass is 16.5. The Bertz CT molecular complexity index is 386. The first-order chi connectivity index (χ1) is 7.40. The average molecular weight is 219 g/mol. The van der Waals surface area contributed by atoms with Crippen molar-refractivity contribution in [2.45, 2.75) is 45.4 Å². The maximum absolute atomic E-state index is 5.90. The van der Waals surface area contributed by atoms with Gasteiger partial charge in [-0.3, -0.25) is 5.32 Å². The topological polar surface area (TPSA) is 21.3 Å². The van der Waals surface area contributed by atoms with Crippen LogP contribution in [0.2, 0.25) is 0 Å². The van der Waals surface area contributed by atoms with Crippen LogP contribution in [0.5, 0.6) is 0 Å². The first-order valence-corrected chi connectivity index (χ1v) is 5.88. The van der Waals surface area contributed by atoms with E-state index in [1.165, 1.54) is 11.1 Å². The first-order valence-electron chi connectivity index (χ1n) is 5.88. The SMILES string of the molecule is Cc1ccccc1CC1(C)NC(C)(C)CO1. The van der Waals surface area contributed by atoms with Gasteiger partial charge in [-0.15, -0.1) is 0 Å². The third kappa shape index (κ3) is 2.45. The maximum Gasteiger partial charge on any atom is 0.121 e. The number of ether oxygens (including phenoxy) is 1. The Morgan fingerprint density at radius 1 is 1.25 bits per heavy atom. The Morgan fingerprint density at radius 2 is 1.94 bits per heavy atom. The van der Waals surface area contributed by atoms with E-state index in [1.54, 1.807) is 0 Å². The van der Waals surface area contributed by atoms with Gasteiger partial charge in [0.1, 0.15) is 5.72 Å². The van der Waals surface area contributed by atoms with Crippen LogP contribution in [0.4, 0.5) is 0 Å². The summed E-state index contributed by atoms with van der Waals surface area (Å²) in [5, 5.41) is 3.56. The quantitative estimate of drug-likeness (QED) is 0.825. The van der Waals surface area contributed by atoms with E-state index in [0.717, 1.165) is 13.0 Å². The smallest absolute Gasteiger partial charge is 0.121 e. The van der Waals surface area contributed by atoms with E-state index in [9.17, 15) is 0 Å². The normalized spacial score (nSPS) is 28.2. The first kappa shape index (κ1) is 11.6. The molecule has 1 N–H and O–H groups in total. The van der Waals surface area contributed by atoms with Gasteiger partial charge in [0.2, 0.25) is 0 Å². The highest BCUT2D eigenvalue weighted by Gasteiger charge is 2.40. The predicted molar refractivity (Wildman–Crippen MR) is 66.5 cm³/mol. The Labute approximate surface area is 98.0 Å². The van der Waals surface area contributed by atoms with Crippen molar-refractivity contribution in [3.63, 3.8) is 0 Å².